The van der Waals surface area contributed by atoms with Crippen LogP contribution in [0.25, 0.3) is 0 Å². The van der Waals surface area contributed by atoms with E-state index in [2.05, 4.69) is 10.5 Å². The lowest BCUT2D eigenvalue weighted by molar-refractivity contribution is -0.120. The van der Waals surface area contributed by atoms with E-state index in [4.69, 9.17) is 0 Å². The first-order valence-electron chi connectivity index (χ1n) is 4.67. The molecule has 1 rings (SSSR count). The minimum Gasteiger partial charge on any atom is -0.273 e. The highest BCUT2D eigenvalue weighted by atomic mass is 16.2. The maximum absolute atomic E-state index is 11.3. The number of rotatable bonds is 4. The Hall–Kier alpha value is -1.64. The Bertz CT molecular complexity index is 306. The van der Waals surface area contributed by atoms with Gasteiger partial charge < -0.3 is 0 Å². The van der Waals surface area contributed by atoms with Crippen LogP contribution in [0.5, 0.6) is 0 Å². The molecule has 0 aromatic heterocycles. The molecule has 0 heterocycles. The van der Waals surface area contributed by atoms with E-state index >= 15 is 0 Å². The number of hydrazone groups is 1. The van der Waals surface area contributed by atoms with Crippen LogP contribution in [0, 0.1) is 0 Å². The van der Waals surface area contributed by atoms with Gasteiger partial charge in [-0.3, -0.25) is 4.79 Å². The summed E-state index contributed by atoms with van der Waals surface area (Å²) in [6, 6.07) is 9.60. The van der Waals surface area contributed by atoms with Crippen LogP contribution in [-0.2, 0) is 11.2 Å². The Kier molecular flexibility index (Phi) is 4.41. The van der Waals surface area contributed by atoms with Crippen LogP contribution >= 0.6 is 0 Å². The lowest BCUT2D eigenvalue weighted by atomic mass is 10.1. The van der Waals surface area contributed by atoms with E-state index < -0.39 is 0 Å². The molecule has 1 aromatic carbocycles. The Morgan fingerprint density at radius 3 is 2.79 bits per heavy atom. The Morgan fingerprint density at radius 1 is 1.43 bits per heavy atom. The molecule has 0 bridgehead atoms. The molecular weight excluding hydrogens is 176 g/mol. The fourth-order valence-electron chi connectivity index (χ4n) is 1.03. The fraction of sp³-hybridized carbons (Fsp3) is 0.273. The smallest absolute Gasteiger partial charge is 0.244 e. The molecule has 0 saturated heterocycles. The topological polar surface area (TPSA) is 41.5 Å². The molecule has 3 heteroatoms. The summed E-state index contributed by atoms with van der Waals surface area (Å²) in [5.41, 5.74) is 3.46. The molecule has 0 aliphatic carbocycles. The van der Waals surface area contributed by atoms with Crippen molar-refractivity contribution in [2.24, 2.45) is 5.10 Å². The number of carbonyl (C=O) groups is 1. The van der Waals surface area contributed by atoms with Gasteiger partial charge in [0.05, 0.1) is 6.42 Å². The molecule has 14 heavy (non-hydrogen) atoms. The molecule has 0 atom stereocenters. The third kappa shape index (κ3) is 3.85. The highest BCUT2D eigenvalue weighted by Crippen LogP contribution is 1.98. The first-order chi connectivity index (χ1) is 6.83. The highest BCUT2D eigenvalue weighted by molar-refractivity contribution is 5.79. The van der Waals surface area contributed by atoms with E-state index in [0.29, 0.717) is 6.42 Å². The molecule has 0 spiro atoms. The molecule has 0 radical (unpaired) electrons. The summed E-state index contributed by atoms with van der Waals surface area (Å²) in [5.74, 6) is -0.0825. The number of hydrogen-bond donors (Lipinski definition) is 1. The van der Waals surface area contributed by atoms with E-state index in [1.807, 2.05) is 37.3 Å². The third-order valence-electron chi connectivity index (χ3n) is 1.67. The summed E-state index contributed by atoms with van der Waals surface area (Å²) in [5, 5.41) is 3.76. The average Bonchev–Trinajstić information content (AvgIpc) is 2.20. The Balaban J connectivity index is 2.38. The van der Waals surface area contributed by atoms with Gasteiger partial charge in [-0.2, -0.15) is 5.10 Å². The minimum atomic E-state index is -0.0825. The van der Waals surface area contributed by atoms with Crippen molar-refractivity contribution in [1.29, 1.82) is 0 Å². The third-order valence-corrected chi connectivity index (χ3v) is 1.67. The number of carbonyl (C=O) groups excluding carboxylic acids is 1. The van der Waals surface area contributed by atoms with Gasteiger partial charge in [-0.05, 0) is 12.0 Å². The van der Waals surface area contributed by atoms with Gasteiger partial charge in [0, 0.05) is 6.21 Å². The van der Waals surface area contributed by atoms with Gasteiger partial charge >= 0.3 is 0 Å². The van der Waals surface area contributed by atoms with Crippen LogP contribution in [0.3, 0.4) is 0 Å². The Labute approximate surface area is 83.8 Å². The molecule has 0 aliphatic heterocycles. The lowest BCUT2D eigenvalue weighted by Crippen LogP contribution is -2.19. The van der Waals surface area contributed by atoms with Crippen LogP contribution in [0.1, 0.15) is 18.9 Å². The highest BCUT2D eigenvalue weighted by Gasteiger charge is 1.99. The summed E-state index contributed by atoms with van der Waals surface area (Å²) in [4.78, 5) is 11.3. The summed E-state index contributed by atoms with van der Waals surface area (Å²) in [6.07, 6.45) is 2.87. The molecule has 0 saturated carbocycles. The normalized spacial score (nSPS) is 10.4. The second-order valence-corrected chi connectivity index (χ2v) is 2.92. The van der Waals surface area contributed by atoms with Crippen molar-refractivity contribution in [2.45, 2.75) is 19.8 Å². The molecular formula is C11H14N2O. The molecule has 3 nitrogen and oxygen atoms in total. The Morgan fingerprint density at radius 2 is 2.14 bits per heavy atom. The van der Waals surface area contributed by atoms with Crippen LogP contribution in [0.15, 0.2) is 35.4 Å². The quantitative estimate of drug-likeness (QED) is 0.570. The van der Waals surface area contributed by atoms with Gasteiger partial charge in [0.25, 0.3) is 0 Å². The van der Waals surface area contributed by atoms with Crippen LogP contribution in [0.4, 0.5) is 0 Å². The summed E-state index contributed by atoms with van der Waals surface area (Å²) in [7, 11) is 0. The molecule has 1 aromatic rings. The SMILES string of the molecule is CC/C=N\NC(=O)Cc1ccccc1. The van der Waals surface area contributed by atoms with Crippen molar-refractivity contribution < 1.29 is 4.79 Å². The largest absolute Gasteiger partial charge is 0.273 e. The minimum absolute atomic E-state index is 0.0825. The number of amides is 1. The second-order valence-electron chi connectivity index (χ2n) is 2.92. The molecule has 1 amide bonds. The fourth-order valence-corrected chi connectivity index (χ4v) is 1.03. The summed E-state index contributed by atoms with van der Waals surface area (Å²) >= 11 is 0. The summed E-state index contributed by atoms with van der Waals surface area (Å²) in [6.45, 7) is 1.97. The standard InChI is InChI=1S/C11H14N2O/c1-2-8-12-13-11(14)9-10-6-4-3-5-7-10/h3-8H,2,9H2,1H3,(H,13,14)/b12-8-. The van der Waals surface area contributed by atoms with Gasteiger partial charge in [0.1, 0.15) is 0 Å². The first kappa shape index (κ1) is 10.4. The first-order valence-corrected chi connectivity index (χ1v) is 4.67. The van der Waals surface area contributed by atoms with Crippen LogP contribution < -0.4 is 5.43 Å². The van der Waals surface area contributed by atoms with Crippen molar-refractivity contribution in [3.8, 4) is 0 Å². The molecule has 1 N–H and O–H groups in total. The number of nitrogens with zero attached hydrogens (tertiary/aromatic N) is 1. The van der Waals surface area contributed by atoms with Gasteiger partial charge in [-0.1, -0.05) is 37.3 Å². The average molecular weight is 190 g/mol. The monoisotopic (exact) mass is 190 g/mol. The van der Waals surface area contributed by atoms with Gasteiger partial charge in [-0.15, -0.1) is 0 Å². The van der Waals surface area contributed by atoms with Crippen molar-refractivity contribution >= 4 is 12.1 Å². The van der Waals surface area contributed by atoms with Gasteiger partial charge in [0.15, 0.2) is 0 Å². The van der Waals surface area contributed by atoms with Crippen molar-refractivity contribution in [2.75, 3.05) is 0 Å². The predicted molar refractivity (Wildman–Crippen MR) is 57.1 cm³/mol. The van der Waals surface area contributed by atoms with Crippen molar-refractivity contribution in [1.82, 2.24) is 5.43 Å². The zero-order valence-electron chi connectivity index (χ0n) is 8.23. The molecule has 0 fully saturated rings. The number of benzene rings is 1. The van der Waals surface area contributed by atoms with Crippen molar-refractivity contribution in [3.63, 3.8) is 0 Å². The molecule has 74 valence electrons. The van der Waals surface area contributed by atoms with E-state index in [1.165, 1.54) is 0 Å². The molecule has 0 aliphatic rings. The maximum atomic E-state index is 11.3. The van der Waals surface area contributed by atoms with Gasteiger partial charge in [-0.25, -0.2) is 5.43 Å². The zero-order valence-corrected chi connectivity index (χ0v) is 8.23. The molecule has 0 unspecified atom stereocenters. The van der Waals surface area contributed by atoms with Gasteiger partial charge in [0.2, 0.25) is 5.91 Å². The summed E-state index contributed by atoms with van der Waals surface area (Å²) < 4.78 is 0. The van der Waals surface area contributed by atoms with Crippen LogP contribution in [-0.4, -0.2) is 12.1 Å². The van der Waals surface area contributed by atoms with E-state index in [0.717, 1.165) is 12.0 Å². The van der Waals surface area contributed by atoms with E-state index in [1.54, 1.807) is 6.21 Å². The predicted octanol–water partition coefficient (Wildman–Crippen LogP) is 1.74. The van der Waals surface area contributed by atoms with Crippen molar-refractivity contribution in [3.05, 3.63) is 35.9 Å². The second kappa shape index (κ2) is 5.91. The van der Waals surface area contributed by atoms with Crippen LogP contribution in [0.2, 0.25) is 0 Å². The maximum Gasteiger partial charge on any atom is 0.244 e. The van der Waals surface area contributed by atoms with E-state index in [9.17, 15) is 4.79 Å². The lowest BCUT2D eigenvalue weighted by Gasteiger charge is -1.99. The zero-order chi connectivity index (χ0) is 10.2. The number of hydrogen-bond acceptors (Lipinski definition) is 2. The van der Waals surface area contributed by atoms with E-state index in [-0.39, 0.29) is 5.91 Å². The number of nitrogens with one attached hydrogen (secondary N) is 1.